The van der Waals surface area contributed by atoms with E-state index in [0.717, 1.165) is 17.1 Å². The van der Waals surface area contributed by atoms with Crippen LogP contribution < -0.4 is 5.32 Å². The zero-order chi connectivity index (χ0) is 15.6. The van der Waals surface area contributed by atoms with E-state index in [1.54, 1.807) is 12.1 Å². The Bertz CT molecular complexity index is 602. The summed E-state index contributed by atoms with van der Waals surface area (Å²) in [4.78, 5) is 5.78. The molecule has 2 aromatic rings. The highest BCUT2D eigenvalue weighted by atomic mass is 35.5. The lowest BCUT2D eigenvalue weighted by Gasteiger charge is -2.09. The Labute approximate surface area is 134 Å². The zero-order valence-corrected chi connectivity index (χ0v) is 14.3. The zero-order valence-electron chi connectivity index (χ0n) is 12.7. The maximum Gasteiger partial charge on any atom is 0.134 e. The average molecular weight is 327 g/mol. The minimum Gasteiger partial charge on any atom is -0.310 e. The van der Waals surface area contributed by atoms with Crippen molar-refractivity contribution in [3.63, 3.8) is 0 Å². The van der Waals surface area contributed by atoms with Gasteiger partial charge in [0, 0.05) is 17.5 Å². The van der Waals surface area contributed by atoms with E-state index in [2.05, 4.69) is 38.0 Å². The first kappa shape index (κ1) is 16.4. The molecular weight excluding hydrogens is 307 g/mol. The molecular formula is C16H20ClFN2S. The van der Waals surface area contributed by atoms with Crippen LogP contribution in [0.4, 0.5) is 4.39 Å². The van der Waals surface area contributed by atoms with Gasteiger partial charge in [-0.3, -0.25) is 0 Å². The summed E-state index contributed by atoms with van der Waals surface area (Å²) < 4.78 is 14.1. The van der Waals surface area contributed by atoms with Crippen molar-refractivity contribution in [1.82, 2.24) is 10.3 Å². The van der Waals surface area contributed by atoms with Gasteiger partial charge in [-0.25, -0.2) is 9.37 Å². The number of hydrogen-bond donors (Lipinski definition) is 1. The Hall–Kier alpha value is -0.970. The molecule has 5 heteroatoms. The standard InChI is InChI=1S/C16H20ClFN2S/c1-9(2)15-13(8-19-10(3)4)21-16(20-15)14-11(17)6-5-7-12(14)18/h5-7,9-10,19H,8H2,1-4H3. The molecule has 1 heterocycles. The third-order valence-electron chi connectivity index (χ3n) is 3.12. The molecule has 1 aromatic heterocycles. The van der Waals surface area contributed by atoms with Crippen molar-refractivity contribution in [1.29, 1.82) is 0 Å². The van der Waals surface area contributed by atoms with Gasteiger partial charge in [0.2, 0.25) is 0 Å². The Morgan fingerprint density at radius 3 is 2.57 bits per heavy atom. The number of aromatic nitrogens is 1. The minimum absolute atomic E-state index is 0.296. The van der Waals surface area contributed by atoms with Crippen molar-refractivity contribution in [2.45, 2.75) is 46.2 Å². The number of thiazole rings is 1. The van der Waals surface area contributed by atoms with Gasteiger partial charge >= 0.3 is 0 Å². The van der Waals surface area contributed by atoms with E-state index in [0.29, 0.717) is 27.6 Å². The summed E-state index contributed by atoms with van der Waals surface area (Å²) in [6, 6.07) is 5.12. The van der Waals surface area contributed by atoms with Gasteiger partial charge in [0.25, 0.3) is 0 Å². The number of benzene rings is 1. The molecule has 2 rings (SSSR count). The third kappa shape index (κ3) is 3.82. The normalized spacial score (nSPS) is 11.6. The second-order valence-electron chi connectivity index (χ2n) is 5.61. The number of nitrogens with zero attached hydrogens (tertiary/aromatic N) is 1. The predicted octanol–water partition coefficient (Wildman–Crippen LogP) is 5.22. The fourth-order valence-corrected chi connectivity index (χ4v) is 3.58. The summed E-state index contributed by atoms with van der Waals surface area (Å²) in [5.41, 5.74) is 1.42. The molecule has 0 fully saturated rings. The van der Waals surface area contributed by atoms with Crippen molar-refractivity contribution in [2.24, 2.45) is 0 Å². The molecule has 114 valence electrons. The van der Waals surface area contributed by atoms with Crippen LogP contribution in [0.1, 0.15) is 44.2 Å². The molecule has 0 atom stereocenters. The summed E-state index contributed by atoms with van der Waals surface area (Å²) in [5.74, 6) is -0.0283. The molecule has 0 bridgehead atoms. The molecule has 1 aromatic carbocycles. The molecule has 21 heavy (non-hydrogen) atoms. The number of halogens is 2. The van der Waals surface area contributed by atoms with Crippen LogP contribution in [0.5, 0.6) is 0 Å². The first-order valence-electron chi connectivity index (χ1n) is 7.07. The van der Waals surface area contributed by atoms with Gasteiger partial charge in [-0.15, -0.1) is 11.3 Å². The Balaban J connectivity index is 2.44. The maximum absolute atomic E-state index is 14.1. The van der Waals surface area contributed by atoms with E-state index in [-0.39, 0.29) is 5.82 Å². The van der Waals surface area contributed by atoms with E-state index >= 15 is 0 Å². The van der Waals surface area contributed by atoms with Crippen molar-refractivity contribution in [3.05, 3.63) is 39.6 Å². The highest BCUT2D eigenvalue weighted by Crippen LogP contribution is 2.36. The second kappa shape index (κ2) is 6.86. The van der Waals surface area contributed by atoms with E-state index in [4.69, 9.17) is 11.6 Å². The van der Waals surface area contributed by atoms with Crippen LogP contribution in [0.15, 0.2) is 18.2 Å². The van der Waals surface area contributed by atoms with E-state index in [9.17, 15) is 4.39 Å². The summed E-state index contributed by atoms with van der Waals surface area (Å²) in [6.45, 7) is 9.14. The summed E-state index contributed by atoms with van der Waals surface area (Å²) in [5, 5.41) is 4.45. The lowest BCUT2D eigenvalue weighted by atomic mass is 10.1. The molecule has 1 N–H and O–H groups in total. The van der Waals surface area contributed by atoms with Gasteiger partial charge in [0.15, 0.2) is 0 Å². The highest BCUT2D eigenvalue weighted by molar-refractivity contribution is 7.15. The number of rotatable bonds is 5. The van der Waals surface area contributed by atoms with Gasteiger partial charge in [-0.2, -0.15) is 0 Å². The molecule has 0 amide bonds. The van der Waals surface area contributed by atoms with Crippen LogP contribution >= 0.6 is 22.9 Å². The van der Waals surface area contributed by atoms with E-state index < -0.39 is 0 Å². The number of hydrogen-bond acceptors (Lipinski definition) is 3. The molecule has 0 unspecified atom stereocenters. The Morgan fingerprint density at radius 1 is 1.29 bits per heavy atom. The van der Waals surface area contributed by atoms with Gasteiger partial charge in [-0.05, 0) is 18.1 Å². The molecule has 0 saturated heterocycles. The molecule has 0 radical (unpaired) electrons. The fraction of sp³-hybridized carbons (Fsp3) is 0.438. The summed E-state index contributed by atoms with van der Waals surface area (Å²) >= 11 is 7.66. The average Bonchev–Trinajstić information content (AvgIpc) is 2.80. The predicted molar refractivity (Wildman–Crippen MR) is 88.6 cm³/mol. The monoisotopic (exact) mass is 326 g/mol. The summed E-state index contributed by atoms with van der Waals surface area (Å²) in [6.07, 6.45) is 0. The van der Waals surface area contributed by atoms with Crippen LogP contribution in [-0.4, -0.2) is 11.0 Å². The quantitative estimate of drug-likeness (QED) is 0.814. The first-order chi connectivity index (χ1) is 9.90. The smallest absolute Gasteiger partial charge is 0.134 e. The van der Waals surface area contributed by atoms with Gasteiger partial charge < -0.3 is 5.32 Å². The SMILES string of the molecule is CC(C)NCc1sc(-c2c(F)cccc2Cl)nc1C(C)C. The second-order valence-corrected chi connectivity index (χ2v) is 7.11. The number of nitrogens with one attached hydrogen (secondary N) is 1. The van der Waals surface area contributed by atoms with Crippen LogP contribution in [-0.2, 0) is 6.54 Å². The minimum atomic E-state index is -0.324. The molecule has 0 aliphatic heterocycles. The van der Waals surface area contributed by atoms with Crippen molar-refractivity contribution in [3.8, 4) is 10.6 Å². The molecule has 0 spiro atoms. The van der Waals surface area contributed by atoms with Gasteiger partial charge in [0.05, 0.1) is 16.3 Å². The topological polar surface area (TPSA) is 24.9 Å². The largest absolute Gasteiger partial charge is 0.310 e. The summed E-state index contributed by atoms with van der Waals surface area (Å²) in [7, 11) is 0. The lowest BCUT2D eigenvalue weighted by Crippen LogP contribution is -2.22. The van der Waals surface area contributed by atoms with Crippen LogP contribution in [0, 0.1) is 5.82 Å². The first-order valence-corrected chi connectivity index (χ1v) is 8.27. The fourth-order valence-electron chi connectivity index (χ4n) is 2.05. The lowest BCUT2D eigenvalue weighted by molar-refractivity contribution is 0.588. The molecule has 0 aliphatic carbocycles. The highest BCUT2D eigenvalue weighted by Gasteiger charge is 2.19. The maximum atomic E-state index is 14.1. The van der Waals surface area contributed by atoms with Gasteiger partial charge in [0.1, 0.15) is 10.8 Å². The van der Waals surface area contributed by atoms with E-state index in [1.807, 2.05) is 0 Å². The van der Waals surface area contributed by atoms with Crippen molar-refractivity contribution >= 4 is 22.9 Å². The van der Waals surface area contributed by atoms with Crippen molar-refractivity contribution < 1.29 is 4.39 Å². The van der Waals surface area contributed by atoms with Crippen LogP contribution in [0.25, 0.3) is 10.6 Å². The molecule has 0 saturated carbocycles. The van der Waals surface area contributed by atoms with Crippen LogP contribution in [0.3, 0.4) is 0 Å². The van der Waals surface area contributed by atoms with Crippen LogP contribution in [0.2, 0.25) is 5.02 Å². The van der Waals surface area contributed by atoms with E-state index in [1.165, 1.54) is 17.4 Å². The van der Waals surface area contributed by atoms with Crippen molar-refractivity contribution in [2.75, 3.05) is 0 Å². The Morgan fingerprint density at radius 2 is 2.00 bits per heavy atom. The van der Waals surface area contributed by atoms with Gasteiger partial charge in [-0.1, -0.05) is 45.4 Å². The third-order valence-corrected chi connectivity index (χ3v) is 4.53. The Kier molecular flexibility index (Phi) is 5.36. The molecule has 0 aliphatic rings. The molecule has 2 nitrogen and oxygen atoms in total.